The average Bonchev–Trinajstić information content (AvgIpc) is 2.26. The van der Waals surface area contributed by atoms with Gasteiger partial charge in [0.2, 0.25) is 0 Å². The molecule has 1 aromatic rings. The first-order valence-corrected chi connectivity index (χ1v) is 5.14. The number of carbonyl (C=O) groups is 1. The zero-order valence-electron chi connectivity index (χ0n) is 9.23. The maximum absolute atomic E-state index is 10.7. The van der Waals surface area contributed by atoms with Crippen molar-refractivity contribution in [2.24, 2.45) is 0 Å². The third-order valence-corrected chi connectivity index (χ3v) is 2.50. The number of carboxylic acids is 1. The summed E-state index contributed by atoms with van der Waals surface area (Å²) in [5.74, 6) is -0.860. The minimum atomic E-state index is -0.860. The van der Waals surface area contributed by atoms with Gasteiger partial charge in [-0.2, -0.15) is 0 Å². The van der Waals surface area contributed by atoms with Crippen molar-refractivity contribution >= 4 is 5.97 Å². The van der Waals surface area contributed by atoms with Crippen LogP contribution in [0.2, 0.25) is 0 Å². The Morgan fingerprint density at radius 1 is 1.47 bits per heavy atom. The van der Waals surface area contributed by atoms with Crippen LogP contribution in [0.5, 0.6) is 0 Å². The zero-order chi connectivity index (χ0) is 11.3. The van der Waals surface area contributed by atoms with Gasteiger partial charge in [-0.3, -0.25) is 0 Å². The van der Waals surface area contributed by atoms with E-state index in [0.717, 1.165) is 25.1 Å². The molecule has 0 saturated heterocycles. The number of rotatable bonds is 5. The average molecular weight is 207 g/mol. The minimum Gasteiger partial charge on any atom is -0.478 e. The van der Waals surface area contributed by atoms with Crippen LogP contribution in [0.1, 0.15) is 22.8 Å². The first kappa shape index (κ1) is 11.7. The smallest absolute Gasteiger partial charge is 0.335 e. The number of likely N-dealkylation sites (N-methyl/N-ethyl adjacent to an activating group) is 1. The first-order valence-electron chi connectivity index (χ1n) is 5.14. The van der Waals surface area contributed by atoms with Crippen molar-refractivity contribution in [3.05, 3.63) is 35.4 Å². The van der Waals surface area contributed by atoms with E-state index in [1.54, 1.807) is 18.2 Å². The molecule has 0 aromatic heterocycles. The molecule has 0 amide bonds. The van der Waals surface area contributed by atoms with Gasteiger partial charge >= 0.3 is 5.97 Å². The molecule has 0 unspecified atom stereocenters. The lowest BCUT2D eigenvalue weighted by atomic mass is 10.1. The summed E-state index contributed by atoms with van der Waals surface area (Å²) in [4.78, 5) is 12.9. The van der Waals surface area contributed by atoms with Gasteiger partial charge in [-0.1, -0.05) is 19.1 Å². The Hall–Kier alpha value is -1.35. The number of benzene rings is 1. The summed E-state index contributed by atoms with van der Waals surface area (Å²) in [5, 5.41) is 8.82. The fourth-order valence-electron chi connectivity index (χ4n) is 1.34. The van der Waals surface area contributed by atoms with Crippen LogP contribution in [-0.4, -0.2) is 36.1 Å². The highest BCUT2D eigenvalue weighted by Gasteiger charge is 2.03. The van der Waals surface area contributed by atoms with Crippen LogP contribution in [0.15, 0.2) is 24.3 Å². The van der Waals surface area contributed by atoms with Gasteiger partial charge in [-0.25, -0.2) is 4.79 Å². The first-order chi connectivity index (χ1) is 7.13. The van der Waals surface area contributed by atoms with E-state index in [-0.39, 0.29) is 0 Å². The number of carboxylic acid groups (broad SMARTS) is 1. The molecule has 0 atom stereocenters. The summed E-state index contributed by atoms with van der Waals surface area (Å²) in [7, 11) is 2.06. The third kappa shape index (κ3) is 3.72. The van der Waals surface area contributed by atoms with E-state index in [9.17, 15) is 4.79 Å². The molecule has 0 aliphatic carbocycles. The normalized spacial score (nSPS) is 10.6. The summed E-state index contributed by atoms with van der Waals surface area (Å²) in [6.45, 7) is 4.08. The van der Waals surface area contributed by atoms with E-state index in [1.165, 1.54) is 0 Å². The lowest BCUT2D eigenvalue weighted by Gasteiger charge is -2.13. The van der Waals surface area contributed by atoms with E-state index >= 15 is 0 Å². The van der Waals surface area contributed by atoms with Crippen molar-refractivity contribution in [1.82, 2.24) is 4.90 Å². The maximum Gasteiger partial charge on any atom is 0.335 e. The van der Waals surface area contributed by atoms with Gasteiger partial charge in [0.15, 0.2) is 0 Å². The molecule has 82 valence electrons. The molecule has 0 saturated carbocycles. The number of hydrogen-bond acceptors (Lipinski definition) is 2. The summed E-state index contributed by atoms with van der Waals surface area (Å²) in [5.41, 5.74) is 1.45. The summed E-state index contributed by atoms with van der Waals surface area (Å²) < 4.78 is 0. The summed E-state index contributed by atoms with van der Waals surface area (Å²) >= 11 is 0. The van der Waals surface area contributed by atoms with Crippen LogP contribution in [0.4, 0.5) is 0 Å². The molecule has 0 radical (unpaired) electrons. The molecule has 1 aromatic carbocycles. The summed E-state index contributed by atoms with van der Waals surface area (Å²) in [6.07, 6.45) is 0.894. The second-order valence-corrected chi connectivity index (χ2v) is 3.65. The van der Waals surface area contributed by atoms with Gasteiger partial charge in [-0.15, -0.1) is 0 Å². The molecule has 0 aliphatic rings. The van der Waals surface area contributed by atoms with Gasteiger partial charge in [0.25, 0.3) is 0 Å². The molecule has 0 spiro atoms. The zero-order valence-corrected chi connectivity index (χ0v) is 9.23. The van der Waals surface area contributed by atoms with Crippen LogP contribution in [0, 0.1) is 0 Å². The fourth-order valence-corrected chi connectivity index (χ4v) is 1.34. The molecule has 15 heavy (non-hydrogen) atoms. The molecule has 3 heteroatoms. The predicted molar refractivity (Wildman–Crippen MR) is 60.3 cm³/mol. The van der Waals surface area contributed by atoms with Crippen LogP contribution < -0.4 is 0 Å². The Kier molecular flexibility index (Phi) is 4.31. The van der Waals surface area contributed by atoms with Crippen molar-refractivity contribution in [3.63, 3.8) is 0 Å². The highest BCUT2D eigenvalue weighted by Crippen LogP contribution is 2.06. The molecule has 3 nitrogen and oxygen atoms in total. The minimum absolute atomic E-state index is 0.367. The van der Waals surface area contributed by atoms with Crippen molar-refractivity contribution in [3.8, 4) is 0 Å². The van der Waals surface area contributed by atoms with E-state index < -0.39 is 5.97 Å². The Bertz CT molecular complexity index is 336. The highest BCUT2D eigenvalue weighted by atomic mass is 16.4. The molecule has 0 bridgehead atoms. The molecule has 0 aliphatic heterocycles. The monoisotopic (exact) mass is 207 g/mol. The van der Waals surface area contributed by atoms with Gasteiger partial charge in [-0.05, 0) is 37.7 Å². The van der Waals surface area contributed by atoms with Crippen molar-refractivity contribution < 1.29 is 9.90 Å². The quantitative estimate of drug-likeness (QED) is 0.801. The highest BCUT2D eigenvalue weighted by molar-refractivity contribution is 5.87. The van der Waals surface area contributed by atoms with E-state index in [2.05, 4.69) is 18.9 Å². The van der Waals surface area contributed by atoms with Crippen LogP contribution in [-0.2, 0) is 6.42 Å². The summed E-state index contributed by atoms with van der Waals surface area (Å²) in [6, 6.07) is 7.13. The Balaban J connectivity index is 2.62. The molecule has 1 rings (SSSR count). The molecule has 1 N–H and O–H groups in total. The predicted octanol–water partition coefficient (Wildman–Crippen LogP) is 1.88. The number of aromatic carboxylic acids is 1. The van der Waals surface area contributed by atoms with Crippen molar-refractivity contribution in [2.75, 3.05) is 20.1 Å². The second kappa shape index (κ2) is 5.51. The number of hydrogen-bond donors (Lipinski definition) is 1. The number of nitrogens with zero attached hydrogens (tertiary/aromatic N) is 1. The van der Waals surface area contributed by atoms with E-state index in [4.69, 9.17) is 5.11 Å². The van der Waals surface area contributed by atoms with Crippen molar-refractivity contribution in [2.45, 2.75) is 13.3 Å². The standard InChI is InChI=1S/C12H17NO2/c1-3-13(2)8-7-10-5-4-6-11(9-10)12(14)15/h4-6,9H,3,7-8H2,1-2H3,(H,14,15). The van der Waals surface area contributed by atoms with Crippen LogP contribution in [0.25, 0.3) is 0 Å². The molecule has 0 fully saturated rings. The van der Waals surface area contributed by atoms with E-state index in [1.807, 2.05) is 6.07 Å². The Labute approximate surface area is 90.3 Å². The molecular formula is C12H17NO2. The van der Waals surface area contributed by atoms with Gasteiger partial charge < -0.3 is 10.0 Å². The third-order valence-electron chi connectivity index (χ3n) is 2.50. The topological polar surface area (TPSA) is 40.5 Å². The van der Waals surface area contributed by atoms with Gasteiger partial charge in [0, 0.05) is 6.54 Å². The molecular weight excluding hydrogens is 190 g/mol. The van der Waals surface area contributed by atoms with Gasteiger partial charge in [0.1, 0.15) is 0 Å². The second-order valence-electron chi connectivity index (χ2n) is 3.65. The van der Waals surface area contributed by atoms with Gasteiger partial charge in [0.05, 0.1) is 5.56 Å². The Morgan fingerprint density at radius 3 is 2.80 bits per heavy atom. The maximum atomic E-state index is 10.7. The lowest BCUT2D eigenvalue weighted by molar-refractivity contribution is 0.0697. The molecule has 0 heterocycles. The SMILES string of the molecule is CCN(C)CCc1cccc(C(=O)O)c1. The van der Waals surface area contributed by atoms with Crippen molar-refractivity contribution in [1.29, 1.82) is 0 Å². The fraction of sp³-hybridized carbons (Fsp3) is 0.417. The van der Waals surface area contributed by atoms with Crippen LogP contribution in [0.3, 0.4) is 0 Å². The van der Waals surface area contributed by atoms with E-state index in [0.29, 0.717) is 5.56 Å². The lowest BCUT2D eigenvalue weighted by Crippen LogP contribution is -2.20. The van der Waals surface area contributed by atoms with Crippen LogP contribution >= 0.6 is 0 Å². The largest absolute Gasteiger partial charge is 0.478 e. The Morgan fingerprint density at radius 2 is 2.20 bits per heavy atom.